The van der Waals surface area contributed by atoms with Crippen LogP contribution >= 0.6 is 11.3 Å². The molecule has 0 atom stereocenters. The van der Waals surface area contributed by atoms with Gasteiger partial charge in [-0.1, -0.05) is 12.1 Å². The summed E-state index contributed by atoms with van der Waals surface area (Å²) in [6.45, 7) is 4.46. The van der Waals surface area contributed by atoms with E-state index in [-0.39, 0.29) is 16.5 Å². The molecule has 2 heterocycles. The minimum atomic E-state index is -5.15. The summed E-state index contributed by atoms with van der Waals surface area (Å²) < 4.78 is 42.5. The van der Waals surface area contributed by atoms with E-state index in [1.54, 1.807) is 7.11 Å². The number of methoxy groups -OCH3 is 1. The Hall–Kier alpha value is -3.25. The number of halogens is 3. The number of allylic oxidation sites excluding steroid dienone is 1. The van der Waals surface area contributed by atoms with Gasteiger partial charge in [0.1, 0.15) is 22.1 Å². The van der Waals surface area contributed by atoms with Crippen LogP contribution in [-0.4, -0.2) is 79.4 Å². The minimum Gasteiger partial charge on any atom is -0.506 e. The minimum absolute atomic E-state index is 0.0269. The number of hydrogen-bond acceptors (Lipinski definition) is 8. The number of ether oxygens (including phenoxy) is 1. The highest BCUT2D eigenvalue weighted by Crippen LogP contribution is 2.34. The predicted octanol–water partition coefficient (Wildman–Crippen LogP) is 3.43. The Balaban J connectivity index is 1.44. The third-order valence-corrected chi connectivity index (χ3v) is 6.52. The van der Waals surface area contributed by atoms with Crippen molar-refractivity contribution in [3.63, 3.8) is 0 Å². The fourth-order valence-electron chi connectivity index (χ4n) is 3.67. The highest BCUT2D eigenvalue weighted by molar-refractivity contribution is 7.11. The first-order chi connectivity index (χ1) is 16.6. The maximum Gasteiger partial charge on any atom is 0.454 e. The van der Waals surface area contributed by atoms with Crippen LogP contribution in [0.5, 0.6) is 11.5 Å². The largest absolute Gasteiger partial charge is 0.506 e. The summed E-state index contributed by atoms with van der Waals surface area (Å²) in [5.41, 5.74) is 0.871. The molecule has 0 bridgehead atoms. The number of carbonyl (C=O) groups is 2. The van der Waals surface area contributed by atoms with E-state index >= 15 is 0 Å². The number of amides is 1. The number of hydrogen-bond donors (Lipinski definition) is 3. The number of aliphatic hydroxyl groups is 1. The Morgan fingerprint density at radius 2 is 1.89 bits per heavy atom. The van der Waals surface area contributed by atoms with E-state index in [2.05, 4.69) is 15.1 Å². The third-order valence-electron chi connectivity index (χ3n) is 5.52. The topological polar surface area (TPSA) is 102 Å². The van der Waals surface area contributed by atoms with Crippen LogP contribution in [0, 0.1) is 0 Å². The smallest absolute Gasteiger partial charge is 0.454 e. The fraction of sp³-hybridized carbons (Fsp3) is 0.391. The Morgan fingerprint density at radius 3 is 2.54 bits per heavy atom. The predicted molar refractivity (Wildman–Crippen MR) is 126 cm³/mol. The monoisotopic (exact) mass is 513 g/mol. The number of rotatable bonds is 9. The van der Waals surface area contributed by atoms with Crippen LogP contribution in [0.4, 0.5) is 18.9 Å². The number of anilines is 1. The quantitative estimate of drug-likeness (QED) is 0.268. The van der Waals surface area contributed by atoms with Crippen LogP contribution in [-0.2, 0) is 4.79 Å². The molecule has 35 heavy (non-hydrogen) atoms. The van der Waals surface area contributed by atoms with Crippen molar-refractivity contribution in [3.05, 3.63) is 46.2 Å². The van der Waals surface area contributed by atoms with Crippen molar-refractivity contribution in [1.29, 1.82) is 0 Å². The second-order valence-electron chi connectivity index (χ2n) is 7.83. The zero-order chi connectivity index (χ0) is 25.6. The maximum absolute atomic E-state index is 12.4. The molecule has 1 fully saturated rings. The molecule has 0 unspecified atom stereocenters. The molecule has 0 radical (unpaired) electrons. The highest BCUT2D eigenvalue weighted by Gasteiger charge is 2.37. The summed E-state index contributed by atoms with van der Waals surface area (Å²) in [6, 6.07) is 7.86. The van der Waals surface area contributed by atoms with Crippen molar-refractivity contribution in [3.8, 4) is 11.5 Å². The van der Waals surface area contributed by atoms with Gasteiger partial charge in [0.2, 0.25) is 0 Å². The first-order valence-electron chi connectivity index (χ1n) is 10.8. The number of aromatic hydroxyl groups is 1. The number of alkyl halides is 3. The molecular weight excluding hydrogens is 487 g/mol. The number of piperazine rings is 1. The van der Waals surface area contributed by atoms with Gasteiger partial charge in [-0.2, -0.15) is 13.2 Å². The van der Waals surface area contributed by atoms with Crippen LogP contribution < -0.4 is 15.0 Å². The number of carbonyl (C=O) groups excluding carboxylic acids is 2. The molecule has 1 amide bonds. The van der Waals surface area contributed by atoms with Crippen LogP contribution in [0.25, 0.3) is 5.76 Å². The molecule has 1 aromatic carbocycles. The van der Waals surface area contributed by atoms with Gasteiger partial charge in [-0.15, -0.1) is 11.3 Å². The van der Waals surface area contributed by atoms with Gasteiger partial charge in [0, 0.05) is 44.2 Å². The Labute approximate surface area is 204 Å². The summed E-state index contributed by atoms with van der Waals surface area (Å²) in [7, 11) is 1.65. The average Bonchev–Trinajstić information content (AvgIpc) is 3.23. The van der Waals surface area contributed by atoms with E-state index in [4.69, 9.17) is 4.74 Å². The lowest BCUT2D eigenvalue weighted by atomic mass is 10.2. The van der Waals surface area contributed by atoms with E-state index in [0.717, 1.165) is 44.2 Å². The molecule has 1 aromatic heterocycles. The van der Waals surface area contributed by atoms with Gasteiger partial charge in [-0.25, -0.2) is 0 Å². The van der Waals surface area contributed by atoms with E-state index < -0.39 is 29.4 Å². The van der Waals surface area contributed by atoms with Crippen molar-refractivity contribution in [2.24, 2.45) is 0 Å². The zero-order valence-electron chi connectivity index (χ0n) is 19.0. The Bertz CT molecular complexity index is 1080. The van der Waals surface area contributed by atoms with Gasteiger partial charge in [0.15, 0.2) is 0 Å². The van der Waals surface area contributed by atoms with Gasteiger partial charge in [0.05, 0.1) is 18.4 Å². The molecule has 12 heteroatoms. The molecule has 3 N–H and O–H groups in total. The van der Waals surface area contributed by atoms with E-state index in [1.165, 1.54) is 5.38 Å². The lowest BCUT2D eigenvalue weighted by molar-refractivity contribution is -0.165. The van der Waals surface area contributed by atoms with Crippen molar-refractivity contribution < 1.29 is 37.7 Å². The molecule has 0 aliphatic carbocycles. The number of para-hydroxylation sites is 2. The summed E-state index contributed by atoms with van der Waals surface area (Å²) in [5, 5.41) is 23.7. The summed E-state index contributed by atoms with van der Waals surface area (Å²) >= 11 is 0.658. The average molecular weight is 514 g/mol. The van der Waals surface area contributed by atoms with Crippen molar-refractivity contribution in [1.82, 2.24) is 10.2 Å². The number of nitrogens with zero attached hydrogens (tertiary/aromatic N) is 2. The normalized spacial score (nSPS) is 15.2. The number of aliphatic hydroxyl groups excluding tert-OH is 1. The van der Waals surface area contributed by atoms with Crippen LogP contribution in [0.3, 0.4) is 0 Å². The van der Waals surface area contributed by atoms with Crippen molar-refractivity contribution >= 4 is 34.5 Å². The Kier molecular flexibility index (Phi) is 8.62. The Morgan fingerprint density at radius 1 is 1.20 bits per heavy atom. The van der Waals surface area contributed by atoms with Crippen LogP contribution in [0.2, 0.25) is 0 Å². The fourth-order valence-corrected chi connectivity index (χ4v) is 4.52. The summed E-state index contributed by atoms with van der Waals surface area (Å²) in [5.74, 6) is -3.79. The second kappa shape index (κ2) is 11.5. The van der Waals surface area contributed by atoms with Crippen LogP contribution in [0.15, 0.2) is 35.7 Å². The van der Waals surface area contributed by atoms with Crippen molar-refractivity contribution in [2.45, 2.75) is 12.6 Å². The zero-order valence-corrected chi connectivity index (χ0v) is 19.8. The van der Waals surface area contributed by atoms with Crippen LogP contribution in [0.1, 0.15) is 21.7 Å². The molecular formula is C23H26F3N3O5S. The van der Waals surface area contributed by atoms with Crippen molar-refractivity contribution in [2.75, 3.05) is 51.3 Å². The number of ketones is 1. The molecule has 0 spiro atoms. The van der Waals surface area contributed by atoms with Gasteiger partial charge < -0.3 is 25.2 Å². The summed E-state index contributed by atoms with van der Waals surface area (Å²) in [6.07, 6.45) is -4.52. The molecule has 1 aliphatic rings. The lowest BCUT2D eigenvalue weighted by Crippen LogP contribution is -2.47. The first-order valence-corrected chi connectivity index (χ1v) is 11.7. The second-order valence-corrected chi connectivity index (χ2v) is 8.71. The molecule has 0 saturated carbocycles. The maximum atomic E-state index is 12.4. The molecule has 8 nitrogen and oxygen atoms in total. The van der Waals surface area contributed by atoms with Gasteiger partial charge in [-0.05, 0) is 25.1 Å². The SMILES string of the molecule is COc1ccccc1N1CCN(CCCNC(=O)c2csc(/C(O)=C/C(=O)C(F)(F)F)c2O)CC1. The molecule has 190 valence electrons. The van der Waals surface area contributed by atoms with E-state index in [1.807, 2.05) is 24.3 Å². The number of nitrogens with one attached hydrogen (secondary N) is 1. The van der Waals surface area contributed by atoms with Gasteiger partial charge in [-0.3, -0.25) is 14.5 Å². The number of benzene rings is 1. The number of thiophene rings is 1. The highest BCUT2D eigenvalue weighted by atomic mass is 32.1. The molecule has 3 rings (SSSR count). The van der Waals surface area contributed by atoms with E-state index in [0.29, 0.717) is 24.3 Å². The van der Waals surface area contributed by atoms with Gasteiger partial charge in [0.25, 0.3) is 11.7 Å². The lowest BCUT2D eigenvalue weighted by Gasteiger charge is -2.36. The summed E-state index contributed by atoms with van der Waals surface area (Å²) in [4.78, 5) is 27.5. The standard InChI is InChI=1S/C23H26F3N3O5S/c1-34-18-6-3-2-5-16(18)29-11-9-28(10-12-29)8-4-7-27-22(33)15-14-35-21(20(15)32)17(30)13-19(31)23(24,25)26/h2-3,5-6,13-14,30,32H,4,7-12H2,1H3,(H,27,33)/b17-13-. The first kappa shape index (κ1) is 26.4. The molecule has 1 saturated heterocycles. The molecule has 2 aromatic rings. The van der Waals surface area contributed by atoms with E-state index in [9.17, 15) is 33.0 Å². The third kappa shape index (κ3) is 6.67. The molecule has 1 aliphatic heterocycles. The van der Waals surface area contributed by atoms with Gasteiger partial charge >= 0.3 is 6.18 Å².